The van der Waals surface area contributed by atoms with Crippen LogP contribution in [0, 0.1) is 17.8 Å². The number of fused-ring (bicyclic) bond motifs is 2. The minimum atomic E-state index is 0.743. The molecule has 0 aromatic rings. The third-order valence-corrected chi connectivity index (χ3v) is 2.80. The predicted octanol–water partition coefficient (Wildman–Crippen LogP) is 2.95. The van der Waals surface area contributed by atoms with Crippen LogP contribution in [-0.4, -0.2) is 0 Å². The molecular formula is C9H11Cl. The molecule has 3 atom stereocenters. The third-order valence-electron chi connectivity index (χ3n) is 2.65. The number of hydrogen-bond donors (Lipinski definition) is 0. The van der Waals surface area contributed by atoms with Gasteiger partial charge in [0.25, 0.3) is 0 Å². The highest BCUT2D eigenvalue weighted by Gasteiger charge is 2.33. The summed E-state index contributed by atoms with van der Waals surface area (Å²) in [5.41, 5.74) is 1.67. The van der Waals surface area contributed by atoms with Crippen LogP contribution in [0.15, 0.2) is 23.8 Å². The number of rotatable bonds is 1. The van der Waals surface area contributed by atoms with Crippen molar-refractivity contribution in [3.63, 3.8) is 0 Å². The maximum absolute atomic E-state index is 5.51. The van der Waals surface area contributed by atoms with Gasteiger partial charge in [0, 0.05) is 5.54 Å². The summed E-state index contributed by atoms with van der Waals surface area (Å²) in [5.74, 6) is 2.41. The van der Waals surface area contributed by atoms with Gasteiger partial charge in [-0.25, -0.2) is 0 Å². The first-order valence-electron chi connectivity index (χ1n) is 3.85. The van der Waals surface area contributed by atoms with Crippen molar-refractivity contribution in [3.05, 3.63) is 23.8 Å². The Morgan fingerprint density at radius 2 is 2.20 bits per heavy atom. The number of halogens is 1. The van der Waals surface area contributed by atoms with E-state index < -0.39 is 0 Å². The second kappa shape index (κ2) is 2.43. The largest absolute Gasteiger partial charge is 0.0933 e. The average Bonchev–Trinajstić information content (AvgIpc) is 2.48. The molecule has 2 rings (SSSR count). The SMILES string of the molecule is Cl/C=C/C1CC2C=CC1C2. The Morgan fingerprint density at radius 1 is 1.30 bits per heavy atom. The monoisotopic (exact) mass is 154 g/mol. The van der Waals surface area contributed by atoms with E-state index in [9.17, 15) is 0 Å². The van der Waals surface area contributed by atoms with Crippen molar-refractivity contribution in [3.8, 4) is 0 Å². The smallest absolute Gasteiger partial charge is 0.000547 e. The van der Waals surface area contributed by atoms with Gasteiger partial charge in [-0.05, 0) is 30.6 Å². The Bertz CT molecular complexity index is 181. The van der Waals surface area contributed by atoms with E-state index in [1.165, 1.54) is 12.8 Å². The Hall–Kier alpha value is -0.230. The van der Waals surface area contributed by atoms with E-state index in [4.69, 9.17) is 11.6 Å². The summed E-state index contributed by atoms with van der Waals surface area (Å²) >= 11 is 5.51. The molecule has 0 N–H and O–H groups in total. The molecular weight excluding hydrogens is 144 g/mol. The molecule has 1 heteroatoms. The zero-order valence-corrected chi connectivity index (χ0v) is 6.59. The minimum absolute atomic E-state index is 0.743. The van der Waals surface area contributed by atoms with Gasteiger partial charge in [0.05, 0.1) is 0 Å². The summed E-state index contributed by atoms with van der Waals surface area (Å²) in [5, 5.41) is 0. The maximum atomic E-state index is 5.51. The van der Waals surface area contributed by atoms with Crippen LogP contribution in [0.3, 0.4) is 0 Å². The van der Waals surface area contributed by atoms with E-state index in [1.807, 2.05) is 0 Å². The summed E-state index contributed by atoms with van der Waals surface area (Å²) in [7, 11) is 0. The fourth-order valence-corrected chi connectivity index (χ4v) is 2.32. The van der Waals surface area contributed by atoms with Gasteiger partial charge in [-0.15, -0.1) is 0 Å². The first-order valence-corrected chi connectivity index (χ1v) is 4.29. The first kappa shape index (κ1) is 6.48. The van der Waals surface area contributed by atoms with Crippen LogP contribution < -0.4 is 0 Å². The molecule has 0 spiro atoms. The van der Waals surface area contributed by atoms with Crippen LogP contribution >= 0.6 is 11.6 Å². The molecule has 0 aliphatic heterocycles. The first-order chi connectivity index (χ1) is 4.90. The van der Waals surface area contributed by atoms with Crippen molar-refractivity contribution in [2.75, 3.05) is 0 Å². The highest BCUT2D eigenvalue weighted by atomic mass is 35.5. The lowest BCUT2D eigenvalue weighted by Gasteiger charge is -2.11. The Kier molecular flexibility index (Phi) is 1.57. The molecule has 1 fully saturated rings. The molecule has 0 aromatic heterocycles. The van der Waals surface area contributed by atoms with Crippen molar-refractivity contribution in [2.24, 2.45) is 17.8 Å². The third kappa shape index (κ3) is 0.911. The molecule has 0 nitrogen and oxygen atoms in total. The summed E-state index contributed by atoms with van der Waals surface area (Å²) in [4.78, 5) is 0. The lowest BCUT2D eigenvalue weighted by atomic mass is 9.94. The second-order valence-electron chi connectivity index (χ2n) is 3.26. The Labute approximate surface area is 66.6 Å². The van der Waals surface area contributed by atoms with Gasteiger partial charge >= 0.3 is 0 Å². The molecule has 0 aromatic carbocycles. The van der Waals surface area contributed by atoms with Gasteiger partial charge < -0.3 is 0 Å². The molecule has 0 saturated heterocycles. The van der Waals surface area contributed by atoms with Crippen molar-refractivity contribution < 1.29 is 0 Å². The molecule has 2 aliphatic carbocycles. The van der Waals surface area contributed by atoms with Crippen molar-refractivity contribution in [1.82, 2.24) is 0 Å². The van der Waals surface area contributed by atoms with Gasteiger partial charge in [0.2, 0.25) is 0 Å². The summed E-state index contributed by atoms with van der Waals surface area (Å²) in [6, 6.07) is 0. The zero-order valence-electron chi connectivity index (χ0n) is 5.83. The van der Waals surface area contributed by atoms with Gasteiger partial charge in [0.15, 0.2) is 0 Å². The lowest BCUT2D eigenvalue weighted by molar-refractivity contribution is 0.551. The van der Waals surface area contributed by atoms with Crippen LogP contribution in [0.5, 0.6) is 0 Å². The molecule has 2 bridgehead atoms. The highest BCUT2D eigenvalue weighted by molar-refractivity contribution is 6.25. The highest BCUT2D eigenvalue weighted by Crippen LogP contribution is 2.43. The van der Waals surface area contributed by atoms with Crippen LogP contribution in [0.4, 0.5) is 0 Å². The predicted molar refractivity (Wildman–Crippen MR) is 43.8 cm³/mol. The van der Waals surface area contributed by atoms with Gasteiger partial charge in [0.1, 0.15) is 0 Å². The summed E-state index contributed by atoms with van der Waals surface area (Å²) < 4.78 is 0. The van der Waals surface area contributed by atoms with Crippen LogP contribution in [-0.2, 0) is 0 Å². The van der Waals surface area contributed by atoms with Gasteiger partial charge in [-0.3, -0.25) is 0 Å². The van der Waals surface area contributed by atoms with Gasteiger partial charge in [-0.2, -0.15) is 0 Å². The van der Waals surface area contributed by atoms with Gasteiger partial charge in [-0.1, -0.05) is 29.8 Å². The summed E-state index contributed by atoms with van der Waals surface area (Å²) in [6.45, 7) is 0. The average molecular weight is 155 g/mol. The van der Waals surface area contributed by atoms with Crippen LogP contribution in [0.2, 0.25) is 0 Å². The van der Waals surface area contributed by atoms with Crippen LogP contribution in [0.1, 0.15) is 12.8 Å². The second-order valence-corrected chi connectivity index (χ2v) is 3.51. The zero-order chi connectivity index (χ0) is 6.97. The minimum Gasteiger partial charge on any atom is -0.0933 e. The number of hydrogen-bond acceptors (Lipinski definition) is 0. The molecule has 54 valence electrons. The van der Waals surface area contributed by atoms with E-state index in [-0.39, 0.29) is 0 Å². The molecule has 0 amide bonds. The van der Waals surface area contributed by atoms with E-state index in [1.54, 1.807) is 5.54 Å². The molecule has 10 heavy (non-hydrogen) atoms. The quantitative estimate of drug-likeness (QED) is 0.510. The molecule has 1 saturated carbocycles. The fourth-order valence-electron chi connectivity index (χ4n) is 2.14. The molecule has 2 aliphatic rings. The molecule has 0 heterocycles. The standard InChI is InChI=1S/C9H11Cl/c10-4-3-9-6-7-1-2-8(9)5-7/h1-4,7-9H,5-6H2/b4-3+. The van der Waals surface area contributed by atoms with Crippen LogP contribution in [0.25, 0.3) is 0 Å². The van der Waals surface area contributed by atoms with E-state index >= 15 is 0 Å². The number of allylic oxidation sites excluding steroid dienone is 3. The van der Waals surface area contributed by atoms with E-state index in [2.05, 4.69) is 18.2 Å². The van der Waals surface area contributed by atoms with Crippen molar-refractivity contribution in [2.45, 2.75) is 12.8 Å². The Morgan fingerprint density at radius 3 is 2.70 bits per heavy atom. The van der Waals surface area contributed by atoms with E-state index in [0.29, 0.717) is 0 Å². The normalized spacial score (nSPS) is 43.9. The maximum Gasteiger partial charge on any atom is 0.000547 e. The topological polar surface area (TPSA) is 0 Å². The molecule has 0 radical (unpaired) electrons. The van der Waals surface area contributed by atoms with Crippen molar-refractivity contribution >= 4 is 11.6 Å². The fraction of sp³-hybridized carbons (Fsp3) is 0.556. The van der Waals surface area contributed by atoms with E-state index in [0.717, 1.165) is 17.8 Å². The summed E-state index contributed by atoms with van der Waals surface area (Å²) in [6.07, 6.45) is 9.52. The lowest BCUT2D eigenvalue weighted by Crippen LogP contribution is -2.02. The molecule has 3 unspecified atom stereocenters. The van der Waals surface area contributed by atoms with Crippen molar-refractivity contribution in [1.29, 1.82) is 0 Å². The Balaban J connectivity index is 2.09.